The Morgan fingerprint density at radius 2 is 0.978 bits per heavy atom. The van der Waals surface area contributed by atoms with Crippen molar-refractivity contribution in [3.8, 4) is 51.1 Å². The van der Waals surface area contributed by atoms with Crippen molar-refractivity contribution < 1.29 is 0 Å². The Morgan fingerprint density at radius 3 is 1.52 bits per heavy atom. The molecule has 0 radical (unpaired) electrons. The van der Waals surface area contributed by atoms with E-state index in [1.54, 1.807) is 24.8 Å². The Hall–Kier alpha value is -6.76. The zero-order chi connectivity index (χ0) is 31.0. The first-order valence-electron chi connectivity index (χ1n) is 14.7. The average Bonchev–Trinajstić information content (AvgIpc) is 3.14. The average molecular weight is 587 g/mol. The molecule has 4 aromatic heterocycles. The van der Waals surface area contributed by atoms with Crippen LogP contribution in [-0.2, 0) is 0 Å². The van der Waals surface area contributed by atoms with Gasteiger partial charge in [-0.2, -0.15) is 5.26 Å². The molecule has 4 aromatic carbocycles. The normalized spacial score (nSPS) is 11.0. The fourth-order valence-electron chi connectivity index (χ4n) is 6.06. The van der Waals surface area contributed by atoms with E-state index in [-0.39, 0.29) is 0 Å². The Morgan fingerprint density at radius 1 is 0.478 bits per heavy atom. The molecule has 0 saturated heterocycles. The fraction of sp³-hybridized carbons (Fsp3) is 0. The Labute approximate surface area is 264 Å². The highest BCUT2D eigenvalue weighted by atomic mass is 14.8. The molecule has 0 spiro atoms. The van der Waals surface area contributed by atoms with Gasteiger partial charge in [-0.1, -0.05) is 60.7 Å². The molecule has 0 aliphatic carbocycles. The molecule has 0 aliphatic rings. The quantitative estimate of drug-likeness (QED) is 0.151. The van der Waals surface area contributed by atoms with Crippen LogP contribution >= 0.6 is 0 Å². The molecular weight excluding hydrogens is 564 g/mol. The maximum Gasteiger partial charge on any atom is 0.205 e. The van der Waals surface area contributed by atoms with Crippen LogP contribution in [0.1, 0.15) is 5.56 Å². The summed E-state index contributed by atoms with van der Waals surface area (Å²) in [5.41, 5.74) is 7.89. The van der Waals surface area contributed by atoms with Crippen molar-refractivity contribution in [1.82, 2.24) is 19.9 Å². The number of pyridine rings is 4. The van der Waals surface area contributed by atoms with Gasteiger partial charge in [-0.05, 0) is 80.8 Å². The van der Waals surface area contributed by atoms with Crippen LogP contribution in [0.3, 0.4) is 0 Å². The smallest absolute Gasteiger partial charge is 0.205 e. The largest absolute Gasteiger partial charge is 0.276 e. The summed E-state index contributed by atoms with van der Waals surface area (Å²) < 4.78 is 0. The minimum Gasteiger partial charge on any atom is -0.276 e. The molecule has 0 N–H and O–H groups in total. The monoisotopic (exact) mass is 586 g/mol. The summed E-state index contributed by atoms with van der Waals surface area (Å²) in [4.78, 5) is 21.8. The van der Waals surface area contributed by atoms with Crippen molar-refractivity contribution >= 4 is 38.0 Å². The van der Waals surface area contributed by atoms with Gasteiger partial charge in [0.05, 0.1) is 34.9 Å². The first-order chi connectivity index (χ1) is 22.7. The zero-order valence-electron chi connectivity index (χ0n) is 24.4. The lowest BCUT2D eigenvalue weighted by molar-refractivity contribution is 1.26. The molecular formula is C40H22N6. The Kier molecular flexibility index (Phi) is 6.45. The molecule has 0 unspecified atom stereocenters. The summed E-state index contributed by atoms with van der Waals surface area (Å²) in [5, 5.41) is 16.3. The molecule has 4 heterocycles. The molecule has 0 saturated carbocycles. The maximum atomic E-state index is 9.32. The zero-order valence-corrected chi connectivity index (χ0v) is 24.4. The van der Waals surface area contributed by atoms with E-state index < -0.39 is 0 Å². The summed E-state index contributed by atoms with van der Waals surface area (Å²) in [6.45, 7) is 7.34. The van der Waals surface area contributed by atoms with E-state index in [9.17, 15) is 5.26 Å². The van der Waals surface area contributed by atoms with Gasteiger partial charge in [0, 0.05) is 47.0 Å². The number of nitriles is 1. The molecule has 212 valence electrons. The number of aromatic nitrogens is 4. The van der Waals surface area contributed by atoms with Crippen molar-refractivity contribution in [1.29, 1.82) is 5.26 Å². The number of rotatable bonds is 4. The second-order valence-electron chi connectivity index (χ2n) is 11.0. The van der Waals surface area contributed by atoms with Crippen LogP contribution in [-0.4, -0.2) is 19.9 Å². The first-order valence-corrected chi connectivity index (χ1v) is 14.7. The molecule has 0 amide bonds. The number of fused-ring (bicyclic) bond motifs is 6. The van der Waals surface area contributed by atoms with Gasteiger partial charge in [0.2, 0.25) is 5.69 Å². The first kappa shape index (κ1) is 26.8. The fourth-order valence-corrected chi connectivity index (χ4v) is 6.06. The van der Waals surface area contributed by atoms with E-state index >= 15 is 0 Å². The summed E-state index contributed by atoms with van der Waals surface area (Å²) in [7, 11) is 0. The van der Waals surface area contributed by atoms with Crippen molar-refractivity contribution in [2.24, 2.45) is 0 Å². The molecule has 0 bridgehead atoms. The molecule has 8 aromatic rings. The number of benzene rings is 4. The topological polar surface area (TPSA) is 79.7 Å². The molecule has 6 nitrogen and oxygen atoms in total. The maximum absolute atomic E-state index is 9.32. The van der Waals surface area contributed by atoms with Crippen LogP contribution in [0.2, 0.25) is 0 Å². The third-order valence-corrected chi connectivity index (χ3v) is 8.24. The van der Waals surface area contributed by atoms with Crippen LogP contribution in [0.4, 0.5) is 5.69 Å². The summed E-state index contributed by atoms with van der Waals surface area (Å²) in [6.07, 6.45) is 6.59. The lowest BCUT2D eigenvalue weighted by Crippen LogP contribution is -1.91. The summed E-state index contributed by atoms with van der Waals surface area (Å²) in [5.74, 6) is 0. The van der Waals surface area contributed by atoms with Crippen LogP contribution < -0.4 is 0 Å². The predicted octanol–water partition coefficient (Wildman–Crippen LogP) is 9.82. The molecule has 46 heavy (non-hydrogen) atoms. The van der Waals surface area contributed by atoms with E-state index in [1.165, 1.54) is 0 Å². The van der Waals surface area contributed by atoms with Gasteiger partial charge in [0.1, 0.15) is 6.07 Å². The predicted molar refractivity (Wildman–Crippen MR) is 183 cm³/mol. The van der Waals surface area contributed by atoms with Crippen LogP contribution in [0, 0.1) is 17.9 Å². The second kappa shape index (κ2) is 11.1. The molecule has 0 atom stereocenters. The van der Waals surface area contributed by atoms with E-state index in [0.717, 1.165) is 77.3 Å². The van der Waals surface area contributed by atoms with Crippen molar-refractivity contribution in [3.63, 3.8) is 0 Å². The van der Waals surface area contributed by atoms with Gasteiger partial charge in [-0.25, -0.2) is 14.8 Å². The van der Waals surface area contributed by atoms with Crippen molar-refractivity contribution in [3.05, 3.63) is 151 Å². The lowest BCUT2D eigenvalue weighted by atomic mass is 9.91. The highest BCUT2D eigenvalue weighted by Crippen LogP contribution is 2.39. The minimum atomic E-state index is 0.489. The number of nitrogens with zero attached hydrogens (tertiary/aromatic N) is 6. The third kappa shape index (κ3) is 4.68. The molecule has 0 aliphatic heterocycles. The molecule has 0 fully saturated rings. The minimum absolute atomic E-state index is 0.489. The van der Waals surface area contributed by atoms with E-state index in [4.69, 9.17) is 16.5 Å². The molecule has 8 rings (SSSR count). The summed E-state index contributed by atoms with van der Waals surface area (Å²) in [6, 6.07) is 39.2. The number of hydrogen-bond donors (Lipinski definition) is 0. The third-order valence-electron chi connectivity index (χ3n) is 8.24. The van der Waals surface area contributed by atoms with Gasteiger partial charge in [0.15, 0.2) is 0 Å². The number of hydrogen-bond acceptors (Lipinski definition) is 5. The van der Waals surface area contributed by atoms with Gasteiger partial charge < -0.3 is 0 Å². The SMILES string of the molecule is [C-]#[N+]c1cncc(-c2cccc(-c3ccc4c5ccc(-c6cccc(-c7cncc(C#N)c7)n6)cc5c5ccccc5c4c3)n2)c1. The summed E-state index contributed by atoms with van der Waals surface area (Å²) >= 11 is 0. The van der Waals surface area contributed by atoms with E-state index in [0.29, 0.717) is 11.3 Å². The Bertz CT molecular complexity index is 2380. The van der Waals surface area contributed by atoms with E-state index in [1.807, 2.05) is 48.5 Å². The standard InChI is InChI=1S/C40H22N6/c1-42-30-17-29(23-44-24-30)40-11-5-9-38(46-40)27-13-15-34-33-14-12-26(18-35(33)31-6-2-3-7-32(31)36(34)19-27)37-8-4-10-39(45-37)28-16-25(20-41)21-43-22-28/h2-19,21-24H. The van der Waals surface area contributed by atoms with Crippen LogP contribution in [0.25, 0.3) is 82.2 Å². The van der Waals surface area contributed by atoms with E-state index in [2.05, 4.69) is 81.5 Å². The second-order valence-corrected chi connectivity index (χ2v) is 11.0. The van der Waals surface area contributed by atoms with Crippen LogP contribution in [0.5, 0.6) is 0 Å². The molecule has 6 heteroatoms. The highest BCUT2D eigenvalue weighted by molar-refractivity contribution is 6.26. The van der Waals surface area contributed by atoms with Crippen LogP contribution in [0.15, 0.2) is 134 Å². The lowest BCUT2D eigenvalue weighted by Gasteiger charge is -2.14. The highest BCUT2D eigenvalue weighted by Gasteiger charge is 2.13. The van der Waals surface area contributed by atoms with Gasteiger partial charge in [-0.3, -0.25) is 9.97 Å². The van der Waals surface area contributed by atoms with Gasteiger partial charge >= 0.3 is 0 Å². The van der Waals surface area contributed by atoms with Gasteiger partial charge in [-0.15, -0.1) is 0 Å². The van der Waals surface area contributed by atoms with Crippen molar-refractivity contribution in [2.45, 2.75) is 0 Å². The van der Waals surface area contributed by atoms with Gasteiger partial charge in [0.25, 0.3) is 0 Å². The Balaban J connectivity index is 1.25. The van der Waals surface area contributed by atoms with Crippen molar-refractivity contribution in [2.75, 3.05) is 0 Å².